The lowest BCUT2D eigenvalue weighted by Crippen LogP contribution is -2.41. The van der Waals surface area contributed by atoms with E-state index in [0.29, 0.717) is 22.8 Å². The number of furan rings is 1. The van der Waals surface area contributed by atoms with Crippen LogP contribution in [0.25, 0.3) is 16.9 Å². The quantitative estimate of drug-likeness (QED) is 0.339. The maximum Gasteiger partial charge on any atom is 0.305 e. The van der Waals surface area contributed by atoms with Crippen LogP contribution in [-0.2, 0) is 6.61 Å². The molecule has 0 aliphatic rings. The highest BCUT2D eigenvalue weighted by Crippen LogP contribution is 2.23. The molecule has 5 rings (SSSR count). The van der Waals surface area contributed by atoms with Gasteiger partial charge in [-0.25, -0.2) is 4.68 Å². The van der Waals surface area contributed by atoms with Crippen LogP contribution in [0.4, 0.5) is 0 Å². The van der Waals surface area contributed by atoms with E-state index >= 15 is 0 Å². The van der Waals surface area contributed by atoms with Crippen molar-refractivity contribution < 1.29 is 18.7 Å². The summed E-state index contributed by atoms with van der Waals surface area (Å²) < 4.78 is 12.8. The van der Waals surface area contributed by atoms with Crippen molar-refractivity contribution in [3.05, 3.63) is 121 Å². The fraction of sp³-hybridized carbons (Fsp3) is 0.0370. The van der Waals surface area contributed by atoms with Crippen molar-refractivity contribution in [3.63, 3.8) is 0 Å². The SMILES string of the molecule is O=C(NNC(=O)c1cn(-c2ccccc2)nc1-c1cccnc1)c1ccc(COc2ccccc2)o1. The first-order valence-electron chi connectivity index (χ1n) is 11.1. The van der Waals surface area contributed by atoms with Gasteiger partial charge in [-0.2, -0.15) is 5.10 Å². The Morgan fingerprint density at radius 2 is 1.61 bits per heavy atom. The highest BCUT2D eigenvalue weighted by molar-refractivity contribution is 6.01. The number of nitrogens with one attached hydrogen (secondary N) is 2. The first-order valence-corrected chi connectivity index (χ1v) is 11.1. The average Bonchev–Trinajstić information content (AvgIpc) is 3.60. The van der Waals surface area contributed by atoms with Gasteiger partial charge in [-0.1, -0.05) is 36.4 Å². The smallest absolute Gasteiger partial charge is 0.305 e. The Bertz CT molecular complexity index is 1460. The van der Waals surface area contributed by atoms with Gasteiger partial charge in [0.05, 0.1) is 11.3 Å². The fourth-order valence-corrected chi connectivity index (χ4v) is 3.46. The van der Waals surface area contributed by atoms with E-state index in [1.807, 2.05) is 66.7 Å². The monoisotopic (exact) mass is 479 g/mol. The summed E-state index contributed by atoms with van der Waals surface area (Å²) in [6, 6.07) is 25.4. The van der Waals surface area contributed by atoms with E-state index in [1.165, 1.54) is 6.07 Å². The predicted molar refractivity (Wildman–Crippen MR) is 131 cm³/mol. The molecule has 5 aromatic rings. The van der Waals surface area contributed by atoms with Gasteiger partial charge in [-0.15, -0.1) is 0 Å². The van der Waals surface area contributed by atoms with E-state index in [0.717, 1.165) is 5.69 Å². The Balaban J connectivity index is 1.27. The van der Waals surface area contributed by atoms with E-state index in [4.69, 9.17) is 9.15 Å². The van der Waals surface area contributed by atoms with E-state index < -0.39 is 11.8 Å². The Morgan fingerprint density at radius 1 is 0.861 bits per heavy atom. The van der Waals surface area contributed by atoms with Crippen molar-refractivity contribution in [2.75, 3.05) is 0 Å². The normalized spacial score (nSPS) is 10.6. The molecule has 9 nitrogen and oxygen atoms in total. The summed E-state index contributed by atoms with van der Waals surface area (Å²) >= 11 is 0. The molecule has 36 heavy (non-hydrogen) atoms. The Morgan fingerprint density at radius 3 is 2.36 bits per heavy atom. The molecule has 9 heteroatoms. The molecule has 0 bridgehead atoms. The van der Waals surface area contributed by atoms with E-state index in [2.05, 4.69) is 20.9 Å². The number of nitrogens with zero attached hydrogens (tertiary/aromatic N) is 3. The highest BCUT2D eigenvalue weighted by atomic mass is 16.5. The number of amides is 2. The molecule has 0 saturated carbocycles. The number of carbonyl (C=O) groups excluding carboxylic acids is 2. The summed E-state index contributed by atoms with van der Waals surface area (Å²) in [5.74, 6) is 0.0525. The van der Waals surface area contributed by atoms with Crippen molar-refractivity contribution in [1.82, 2.24) is 25.6 Å². The zero-order valence-corrected chi connectivity index (χ0v) is 19.0. The van der Waals surface area contributed by atoms with Crippen LogP contribution in [0.1, 0.15) is 26.7 Å². The molecule has 0 atom stereocenters. The topological polar surface area (TPSA) is 111 Å². The summed E-state index contributed by atoms with van der Waals surface area (Å²) in [5, 5.41) is 4.58. The third kappa shape index (κ3) is 5.15. The Hall–Kier alpha value is -5.18. The molecule has 178 valence electrons. The second-order valence-electron chi connectivity index (χ2n) is 7.69. The number of carbonyl (C=O) groups is 2. The lowest BCUT2D eigenvalue weighted by molar-refractivity contribution is 0.0828. The van der Waals surface area contributed by atoms with Gasteiger partial charge in [0, 0.05) is 24.2 Å². The van der Waals surface area contributed by atoms with Crippen LogP contribution < -0.4 is 15.6 Å². The second-order valence-corrected chi connectivity index (χ2v) is 7.69. The molecule has 0 fully saturated rings. The van der Waals surface area contributed by atoms with Gasteiger partial charge in [0.25, 0.3) is 5.91 Å². The lowest BCUT2D eigenvalue weighted by atomic mass is 10.1. The van der Waals surface area contributed by atoms with Gasteiger partial charge in [0.1, 0.15) is 23.8 Å². The first kappa shape index (κ1) is 22.6. The Labute approximate surface area is 206 Å². The number of rotatable bonds is 7. The second kappa shape index (κ2) is 10.4. The largest absolute Gasteiger partial charge is 0.486 e. The van der Waals surface area contributed by atoms with Crippen molar-refractivity contribution in [1.29, 1.82) is 0 Å². The van der Waals surface area contributed by atoms with Gasteiger partial charge in [0.15, 0.2) is 5.76 Å². The molecule has 2 N–H and O–H groups in total. The van der Waals surface area contributed by atoms with Gasteiger partial charge >= 0.3 is 5.91 Å². The van der Waals surface area contributed by atoms with Crippen molar-refractivity contribution in [3.8, 4) is 22.7 Å². The predicted octanol–water partition coefficient (Wildman–Crippen LogP) is 4.18. The van der Waals surface area contributed by atoms with Crippen LogP contribution >= 0.6 is 0 Å². The molecule has 2 aromatic carbocycles. The number of benzene rings is 2. The summed E-state index contributed by atoms with van der Waals surface area (Å²) in [6.45, 7) is 0.163. The van der Waals surface area contributed by atoms with E-state index in [1.54, 1.807) is 35.4 Å². The molecule has 0 saturated heterocycles. The number of para-hydroxylation sites is 2. The van der Waals surface area contributed by atoms with Crippen LogP contribution in [0.15, 0.2) is 108 Å². The van der Waals surface area contributed by atoms with Crippen LogP contribution in [0.2, 0.25) is 0 Å². The van der Waals surface area contributed by atoms with Crippen molar-refractivity contribution in [2.24, 2.45) is 0 Å². The maximum atomic E-state index is 13.0. The van der Waals surface area contributed by atoms with E-state index in [-0.39, 0.29) is 17.9 Å². The van der Waals surface area contributed by atoms with Gasteiger partial charge in [-0.05, 0) is 48.5 Å². The zero-order chi connectivity index (χ0) is 24.7. The standard InChI is InChI=1S/C27H21N5O4/c33-26(29-30-27(34)24-14-13-22(36-24)18-35-21-11-5-2-6-12-21)23-17-32(20-9-3-1-4-10-20)31-25(23)19-8-7-15-28-16-19/h1-17H,18H2,(H,29,33)(H,30,34). The third-order valence-corrected chi connectivity index (χ3v) is 5.21. The number of pyridine rings is 1. The summed E-state index contributed by atoms with van der Waals surface area (Å²) in [4.78, 5) is 29.7. The Kier molecular flexibility index (Phi) is 6.53. The average molecular weight is 479 g/mol. The lowest BCUT2D eigenvalue weighted by Gasteiger charge is -2.06. The fourth-order valence-electron chi connectivity index (χ4n) is 3.46. The number of aromatic nitrogens is 3. The van der Waals surface area contributed by atoms with E-state index in [9.17, 15) is 9.59 Å². The van der Waals surface area contributed by atoms with Gasteiger partial charge in [0.2, 0.25) is 0 Å². The molecule has 2 amide bonds. The summed E-state index contributed by atoms with van der Waals surface area (Å²) in [7, 11) is 0. The number of hydrogen-bond acceptors (Lipinski definition) is 6. The minimum absolute atomic E-state index is 0.0365. The molecule has 0 aliphatic carbocycles. The molecular weight excluding hydrogens is 458 g/mol. The van der Waals surface area contributed by atoms with Gasteiger partial charge in [-0.3, -0.25) is 25.4 Å². The molecule has 0 aliphatic heterocycles. The highest BCUT2D eigenvalue weighted by Gasteiger charge is 2.20. The molecule has 3 heterocycles. The summed E-state index contributed by atoms with van der Waals surface area (Å²) in [6.07, 6.45) is 4.86. The molecule has 0 radical (unpaired) electrons. The molecule has 0 spiro atoms. The maximum absolute atomic E-state index is 13.0. The summed E-state index contributed by atoms with van der Waals surface area (Å²) in [5.41, 5.74) is 6.97. The third-order valence-electron chi connectivity index (χ3n) is 5.21. The number of hydrazine groups is 1. The molecular formula is C27H21N5O4. The van der Waals surface area contributed by atoms with Crippen LogP contribution in [-0.4, -0.2) is 26.6 Å². The van der Waals surface area contributed by atoms with Crippen LogP contribution in [0.5, 0.6) is 5.75 Å². The van der Waals surface area contributed by atoms with Crippen LogP contribution in [0, 0.1) is 0 Å². The van der Waals surface area contributed by atoms with Crippen molar-refractivity contribution >= 4 is 11.8 Å². The first-order chi connectivity index (χ1) is 17.7. The minimum atomic E-state index is -0.604. The zero-order valence-electron chi connectivity index (χ0n) is 19.0. The minimum Gasteiger partial charge on any atom is -0.486 e. The van der Waals surface area contributed by atoms with Crippen molar-refractivity contribution in [2.45, 2.75) is 6.61 Å². The number of hydrogen-bond donors (Lipinski definition) is 2. The van der Waals surface area contributed by atoms with Gasteiger partial charge < -0.3 is 9.15 Å². The van der Waals surface area contributed by atoms with Crippen LogP contribution in [0.3, 0.4) is 0 Å². The molecule has 0 unspecified atom stereocenters. The molecule has 3 aromatic heterocycles. The number of ether oxygens (including phenoxy) is 1.